The predicted octanol–water partition coefficient (Wildman–Crippen LogP) is 3.67. The van der Waals surface area contributed by atoms with E-state index in [4.69, 9.17) is 14.7 Å². The van der Waals surface area contributed by atoms with Crippen LogP contribution in [0.25, 0.3) is 0 Å². The third-order valence-electron chi connectivity index (χ3n) is 3.35. The van der Waals surface area contributed by atoms with E-state index in [0.717, 1.165) is 0 Å². The summed E-state index contributed by atoms with van der Waals surface area (Å²) in [5.41, 5.74) is 2.21. The number of benzene rings is 2. The van der Waals surface area contributed by atoms with Gasteiger partial charge < -0.3 is 14.7 Å². The molecule has 0 bridgehead atoms. The average Bonchev–Trinajstić information content (AvgIpc) is 2.98. The molecule has 0 aliphatic heterocycles. The molecule has 2 aromatic rings. The molecule has 114 valence electrons. The zero-order chi connectivity index (χ0) is 15.4. The number of ether oxygens (including phenoxy) is 2. The molecule has 2 N–H and O–H groups in total. The minimum Gasteiger partial charge on any atom is -0.486 e. The summed E-state index contributed by atoms with van der Waals surface area (Å²) in [6, 6.07) is 13.0. The molecule has 0 heterocycles. The van der Waals surface area contributed by atoms with Crippen LogP contribution in [-0.2, 0) is 0 Å². The first kappa shape index (κ1) is 14.6. The Labute approximate surface area is 127 Å². The van der Waals surface area contributed by atoms with Gasteiger partial charge in [0.05, 0.1) is 6.04 Å². The molecule has 2 atom stereocenters. The van der Waals surface area contributed by atoms with Crippen molar-refractivity contribution in [3.05, 3.63) is 66.5 Å². The number of hydroxylamine groups is 1. The van der Waals surface area contributed by atoms with Crippen LogP contribution in [0.3, 0.4) is 0 Å². The highest BCUT2D eigenvalue weighted by atomic mass is 19.1. The highest BCUT2D eigenvalue weighted by Crippen LogP contribution is 2.27. The third kappa shape index (κ3) is 3.63. The first-order valence-electron chi connectivity index (χ1n) is 7.01. The number of halogens is 1. The van der Waals surface area contributed by atoms with E-state index in [9.17, 15) is 4.39 Å². The summed E-state index contributed by atoms with van der Waals surface area (Å²) < 4.78 is 24.4. The van der Waals surface area contributed by atoms with Gasteiger partial charge in [0.1, 0.15) is 29.2 Å². The normalized spacial score (nSPS) is 20.1. The monoisotopic (exact) mass is 301 g/mol. The maximum absolute atomic E-state index is 12.9. The molecule has 22 heavy (non-hydrogen) atoms. The summed E-state index contributed by atoms with van der Waals surface area (Å²) in [6.45, 7) is 0. The van der Waals surface area contributed by atoms with Gasteiger partial charge in [0.25, 0.3) is 0 Å². The van der Waals surface area contributed by atoms with E-state index in [0.29, 0.717) is 23.7 Å². The fraction of sp³-hybridized carbons (Fsp3) is 0.176. The second-order valence-corrected chi connectivity index (χ2v) is 5.04. The average molecular weight is 301 g/mol. The molecule has 0 spiro atoms. The summed E-state index contributed by atoms with van der Waals surface area (Å²) in [5, 5.41) is 8.87. The molecule has 5 heteroatoms. The lowest BCUT2D eigenvalue weighted by atomic mass is 10.2. The van der Waals surface area contributed by atoms with E-state index in [1.807, 2.05) is 24.3 Å². The molecule has 0 amide bonds. The maximum Gasteiger partial charge on any atom is 0.131 e. The molecule has 0 saturated heterocycles. The van der Waals surface area contributed by atoms with Gasteiger partial charge in [-0.05, 0) is 42.5 Å². The summed E-state index contributed by atoms with van der Waals surface area (Å²) in [7, 11) is 0. The highest BCUT2D eigenvalue weighted by Gasteiger charge is 2.19. The second-order valence-electron chi connectivity index (χ2n) is 5.04. The van der Waals surface area contributed by atoms with E-state index >= 15 is 0 Å². The number of hydrogen-bond donors (Lipinski definition) is 2. The molecular formula is C17H16FNO3. The number of rotatable bonds is 5. The third-order valence-corrected chi connectivity index (χ3v) is 3.35. The van der Waals surface area contributed by atoms with Crippen LogP contribution >= 0.6 is 0 Å². The van der Waals surface area contributed by atoms with Crippen molar-refractivity contribution in [3.8, 4) is 17.2 Å². The number of nitrogens with one attached hydrogen (secondary N) is 1. The lowest BCUT2D eigenvalue weighted by Gasteiger charge is -2.14. The minimum absolute atomic E-state index is 0.0800. The topological polar surface area (TPSA) is 50.7 Å². The zero-order valence-electron chi connectivity index (χ0n) is 11.8. The lowest BCUT2D eigenvalue weighted by Crippen LogP contribution is -2.24. The van der Waals surface area contributed by atoms with Crippen LogP contribution in [0.4, 0.5) is 4.39 Å². The summed E-state index contributed by atoms with van der Waals surface area (Å²) in [5.74, 6) is 1.55. The van der Waals surface area contributed by atoms with Crippen molar-refractivity contribution < 1.29 is 19.1 Å². The second kappa shape index (κ2) is 6.60. The molecular weight excluding hydrogens is 285 g/mol. The Hall–Kier alpha value is -2.37. The first-order chi connectivity index (χ1) is 10.7. The summed E-state index contributed by atoms with van der Waals surface area (Å²) in [6.07, 6.45) is 4.34. The molecule has 3 rings (SSSR count). The van der Waals surface area contributed by atoms with Gasteiger partial charge in [-0.25, -0.2) is 4.39 Å². The Morgan fingerprint density at radius 2 is 1.77 bits per heavy atom. The Balaban J connectivity index is 1.65. The van der Waals surface area contributed by atoms with E-state index < -0.39 is 0 Å². The van der Waals surface area contributed by atoms with Gasteiger partial charge in [0.2, 0.25) is 0 Å². The SMILES string of the molecule is ON[C@@H]1C=C[C@H](Oc2cccc(Oc3ccc(F)cc3)c2)C1. The van der Waals surface area contributed by atoms with Crippen LogP contribution in [0.1, 0.15) is 6.42 Å². The van der Waals surface area contributed by atoms with Crippen LogP contribution in [-0.4, -0.2) is 17.4 Å². The molecule has 1 aliphatic carbocycles. The molecule has 0 fully saturated rings. The van der Waals surface area contributed by atoms with Crippen molar-refractivity contribution >= 4 is 0 Å². The Morgan fingerprint density at radius 3 is 2.50 bits per heavy atom. The van der Waals surface area contributed by atoms with Gasteiger partial charge in [0.15, 0.2) is 0 Å². The molecule has 0 saturated carbocycles. The molecule has 1 aliphatic rings. The fourth-order valence-electron chi connectivity index (χ4n) is 2.27. The van der Waals surface area contributed by atoms with Gasteiger partial charge in [-0.2, -0.15) is 5.48 Å². The predicted molar refractivity (Wildman–Crippen MR) is 79.8 cm³/mol. The van der Waals surface area contributed by atoms with Gasteiger partial charge in [0, 0.05) is 12.5 Å². The quantitative estimate of drug-likeness (QED) is 0.653. The van der Waals surface area contributed by atoms with Crippen LogP contribution < -0.4 is 15.0 Å². The molecule has 0 radical (unpaired) electrons. The molecule has 0 aromatic heterocycles. The van der Waals surface area contributed by atoms with Crippen molar-refractivity contribution in [2.24, 2.45) is 0 Å². The Morgan fingerprint density at radius 1 is 1.00 bits per heavy atom. The van der Waals surface area contributed by atoms with Gasteiger partial charge in [-0.15, -0.1) is 0 Å². The van der Waals surface area contributed by atoms with E-state index in [-0.39, 0.29) is 18.0 Å². The van der Waals surface area contributed by atoms with E-state index in [1.54, 1.807) is 24.3 Å². The Kier molecular flexibility index (Phi) is 4.37. The summed E-state index contributed by atoms with van der Waals surface area (Å²) in [4.78, 5) is 0. The van der Waals surface area contributed by atoms with Crippen molar-refractivity contribution in [2.75, 3.05) is 0 Å². The number of hydrogen-bond acceptors (Lipinski definition) is 4. The molecule has 4 nitrogen and oxygen atoms in total. The first-order valence-corrected chi connectivity index (χ1v) is 7.01. The maximum atomic E-state index is 12.9. The van der Waals surface area contributed by atoms with Gasteiger partial charge in [-0.1, -0.05) is 12.1 Å². The van der Waals surface area contributed by atoms with Crippen molar-refractivity contribution in [1.82, 2.24) is 5.48 Å². The van der Waals surface area contributed by atoms with Crippen molar-refractivity contribution in [1.29, 1.82) is 0 Å². The van der Waals surface area contributed by atoms with Crippen molar-refractivity contribution in [2.45, 2.75) is 18.6 Å². The zero-order valence-corrected chi connectivity index (χ0v) is 11.8. The van der Waals surface area contributed by atoms with Crippen LogP contribution in [0.5, 0.6) is 17.2 Å². The molecule has 0 unspecified atom stereocenters. The van der Waals surface area contributed by atoms with Crippen LogP contribution in [0.2, 0.25) is 0 Å². The van der Waals surface area contributed by atoms with Crippen molar-refractivity contribution in [3.63, 3.8) is 0 Å². The highest BCUT2D eigenvalue weighted by molar-refractivity contribution is 5.37. The minimum atomic E-state index is -0.301. The smallest absolute Gasteiger partial charge is 0.131 e. The lowest BCUT2D eigenvalue weighted by molar-refractivity contribution is 0.128. The standard InChI is InChI=1S/C17H16FNO3/c18-12-4-7-14(8-5-12)21-15-2-1-3-16(11-15)22-17-9-6-13(10-17)19-20/h1-9,11,13,17,19-20H,10H2/t13-,17+/m1/s1. The van der Waals surface area contributed by atoms with Gasteiger partial charge in [-0.3, -0.25) is 0 Å². The Bertz CT molecular complexity index is 657. The molecule has 2 aromatic carbocycles. The van der Waals surface area contributed by atoms with Crippen LogP contribution in [0.15, 0.2) is 60.7 Å². The van der Waals surface area contributed by atoms with Gasteiger partial charge >= 0.3 is 0 Å². The van der Waals surface area contributed by atoms with Crippen LogP contribution in [0, 0.1) is 5.82 Å². The van der Waals surface area contributed by atoms with E-state index in [2.05, 4.69) is 5.48 Å². The largest absolute Gasteiger partial charge is 0.486 e. The van der Waals surface area contributed by atoms with E-state index in [1.165, 1.54) is 12.1 Å². The summed E-state index contributed by atoms with van der Waals surface area (Å²) >= 11 is 0. The fourth-order valence-corrected chi connectivity index (χ4v) is 2.27.